The Morgan fingerprint density at radius 3 is 2.87 bits per heavy atom. The van der Waals surface area contributed by atoms with Crippen molar-refractivity contribution >= 4 is 33.8 Å². The lowest BCUT2D eigenvalue weighted by atomic mass is 9.99. The summed E-state index contributed by atoms with van der Waals surface area (Å²) in [4.78, 5) is 15.6. The molecule has 2 rings (SSSR count). The lowest BCUT2D eigenvalue weighted by Crippen LogP contribution is -2.29. The molecule has 0 aliphatic carbocycles. The molecule has 1 aromatic carbocycles. The predicted molar refractivity (Wildman–Crippen MR) is 94.3 cm³/mol. The van der Waals surface area contributed by atoms with Gasteiger partial charge in [0.2, 0.25) is 0 Å². The number of nitrogens with two attached hydrogens (primary N) is 1. The van der Waals surface area contributed by atoms with Crippen LogP contribution in [0.5, 0.6) is 0 Å². The van der Waals surface area contributed by atoms with Crippen molar-refractivity contribution < 1.29 is 9.90 Å². The van der Waals surface area contributed by atoms with E-state index in [9.17, 15) is 9.90 Å². The van der Waals surface area contributed by atoms with Crippen molar-refractivity contribution in [2.45, 2.75) is 20.3 Å². The zero-order valence-corrected chi connectivity index (χ0v) is 14.5. The summed E-state index contributed by atoms with van der Waals surface area (Å²) in [7, 11) is 0. The number of nitrogens with zero attached hydrogens (tertiary/aromatic N) is 3. The fraction of sp³-hybridized carbons (Fsp3) is 0.188. The lowest BCUT2D eigenvalue weighted by Gasteiger charge is -2.26. The van der Waals surface area contributed by atoms with Gasteiger partial charge < -0.3 is 10.8 Å². The SMILES string of the molecule is C=C1N=C(C)C(Cc2ccc(Br)c(C(=O)O)c2)=C(N)N1/N=C\C. The van der Waals surface area contributed by atoms with Crippen molar-refractivity contribution in [2.75, 3.05) is 0 Å². The summed E-state index contributed by atoms with van der Waals surface area (Å²) < 4.78 is 0.537. The summed E-state index contributed by atoms with van der Waals surface area (Å²) in [6, 6.07) is 5.18. The number of aromatic carboxylic acids is 1. The Balaban J connectivity index is 2.42. The molecule has 0 saturated heterocycles. The fourth-order valence-corrected chi connectivity index (χ4v) is 2.69. The topological polar surface area (TPSA) is 91.3 Å². The first-order chi connectivity index (χ1) is 10.8. The smallest absolute Gasteiger partial charge is 0.336 e. The van der Waals surface area contributed by atoms with E-state index in [0.717, 1.165) is 16.8 Å². The van der Waals surface area contributed by atoms with E-state index >= 15 is 0 Å². The zero-order chi connectivity index (χ0) is 17.1. The zero-order valence-electron chi connectivity index (χ0n) is 12.9. The van der Waals surface area contributed by atoms with Gasteiger partial charge in [0, 0.05) is 28.4 Å². The van der Waals surface area contributed by atoms with Gasteiger partial charge in [-0.15, -0.1) is 0 Å². The quantitative estimate of drug-likeness (QED) is 0.789. The van der Waals surface area contributed by atoms with Crippen molar-refractivity contribution in [3.05, 3.63) is 57.6 Å². The molecule has 0 unspecified atom stereocenters. The standard InChI is InChI=1S/C16H17BrN4O2/c1-4-19-21-10(3)20-9(2)12(15(21)18)7-11-5-6-14(17)13(8-11)16(22)23/h4-6,8H,3,7,18H2,1-2H3,(H,22,23)/b19-4-. The van der Waals surface area contributed by atoms with E-state index in [1.54, 1.807) is 25.3 Å². The van der Waals surface area contributed by atoms with Crippen molar-refractivity contribution in [1.29, 1.82) is 0 Å². The van der Waals surface area contributed by atoms with Gasteiger partial charge in [-0.1, -0.05) is 12.6 Å². The maximum absolute atomic E-state index is 11.2. The third-order valence-electron chi connectivity index (χ3n) is 3.39. The Kier molecular flexibility index (Phi) is 5.00. The Labute approximate surface area is 142 Å². The second-order valence-electron chi connectivity index (χ2n) is 4.96. The van der Waals surface area contributed by atoms with Gasteiger partial charge in [0.25, 0.3) is 0 Å². The Morgan fingerprint density at radius 1 is 1.57 bits per heavy atom. The van der Waals surface area contributed by atoms with Crippen LogP contribution in [0.3, 0.4) is 0 Å². The molecule has 0 atom stereocenters. The van der Waals surface area contributed by atoms with Crippen LogP contribution < -0.4 is 5.73 Å². The Hall–Kier alpha value is -2.41. The molecule has 1 aliphatic heterocycles. The van der Waals surface area contributed by atoms with Gasteiger partial charge in [0.15, 0.2) is 0 Å². The number of aliphatic imine (C=N–C) groups is 1. The first kappa shape index (κ1) is 17.0. The number of hydrogen-bond acceptors (Lipinski definition) is 5. The molecule has 0 spiro atoms. The number of hydrogen-bond donors (Lipinski definition) is 2. The van der Waals surface area contributed by atoms with E-state index in [4.69, 9.17) is 5.73 Å². The van der Waals surface area contributed by atoms with Crippen LogP contribution in [0.15, 0.2) is 56.6 Å². The number of allylic oxidation sites excluding steroid dienone is 1. The molecule has 23 heavy (non-hydrogen) atoms. The minimum atomic E-state index is -0.986. The molecule has 120 valence electrons. The highest BCUT2D eigenvalue weighted by atomic mass is 79.9. The molecule has 1 aliphatic rings. The maximum atomic E-state index is 11.2. The van der Waals surface area contributed by atoms with Crippen LogP contribution in [-0.4, -0.2) is 28.0 Å². The summed E-state index contributed by atoms with van der Waals surface area (Å²) in [6.45, 7) is 7.45. The summed E-state index contributed by atoms with van der Waals surface area (Å²) >= 11 is 3.24. The first-order valence-electron chi connectivity index (χ1n) is 6.88. The van der Waals surface area contributed by atoms with E-state index in [0.29, 0.717) is 22.5 Å². The lowest BCUT2D eigenvalue weighted by molar-refractivity contribution is 0.0696. The van der Waals surface area contributed by atoms with Crippen LogP contribution >= 0.6 is 15.9 Å². The second kappa shape index (κ2) is 6.78. The molecule has 1 aromatic rings. The number of carbonyl (C=O) groups is 1. The van der Waals surface area contributed by atoms with Gasteiger partial charge in [-0.3, -0.25) is 0 Å². The summed E-state index contributed by atoms with van der Waals surface area (Å²) in [5.41, 5.74) is 8.76. The molecule has 7 heteroatoms. The van der Waals surface area contributed by atoms with E-state index in [1.165, 1.54) is 5.01 Å². The molecule has 0 fully saturated rings. The molecular weight excluding hydrogens is 360 g/mol. The number of rotatable bonds is 4. The average Bonchev–Trinajstić information content (AvgIpc) is 2.49. The van der Waals surface area contributed by atoms with Crippen LogP contribution in [0.25, 0.3) is 0 Å². The molecule has 0 radical (unpaired) electrons. The number of halogens is 1. The van der Waals surface area contributed by atoms with Crippen molar-refractivity contribution in [2.24, 2.45) is 15.8 Å². The van der Waals surface area contributed by atoms with E-state index in [2.05, 4.69) is 32.6 Å². The molecule has 6 nitrogen and oxygen atoms in total. The minimum absolute atomic E-state index is 0.208. The van der Waals surface area contributed by atoms with E-state index in [-0.39, 0.29) is 5.56 Å². The van der Waals surface area contributed by atoms with Crippen LogP contribution in [-0.2, 0) is 6.42 Å². The van der Waals surface area contributed by atoms with Crippen molar-refractivity contribution in [3.8, 4) is 0 Å². The Morgan fingerprint density at radius 2 is 2.26 bits per heavy atom. The van der Waals surface area contributed by atoms with Crippen LogP contribution in [0.1, 0.15) is 29.8 Å². The number of hydrazone groups is 1. The second-order valence-corrected chi connectivity index (χ2v) is 5.81. The highest BCUT2D eigenvalue weighted by molar-refractivity contribution is 9.10. The van der Waals surface area contributed by atoms with E-state index in [1.807, 2.05) is 13.0 Å². The number of carboxylic acids is 1. The summed E-state index contributed by atoms with van der Waals surface area (Å²) in [6.07, 6.45) is 2.06. The van der Waals surface area contributed by atoms with Gasteiger partial charge in [-0.25, -0.2) is 14.8 Å². The van der Waals surface area contributed by atoms with Crippen LogP contribution in [0, 0.1) is 0 Å². The largest absolute Gasteiger partial charge is 0.478 e. The molecule has 0 amide bonds. The van der Waals surface area contributed by atoms with E-state index < -0.39 is 5.97 Å². The first-order valence-corrected chi connectivity index (χ1v) is 7.68. The maximum Gasteiger partial charge on any atom is 0.336 e. The van der Waals surface area contributed by atoms with Gasteiger partial charge in [-0.05, 0) is 47.5 Å². The van der Waals surface area contributed by atoms with Gasteiger partial charge in [0.05, 0.1) is 5.56 Å². The summed E-state index contributed by atoms with van der Waals surface area (Å²) in [5, 5.41) is 14.8. The normalized spacial score (nSPS) is 15.3. The van der Waals surface area contributed by atoms with Gasteiger partial charge >= 0.3 is 5.97 Å². The molecular formula is C16H17BrN4O2. The molecule has 1 heterocycles. The highest BCUT2D eigenvalue weighted by Crippen LogP contribution is 2.25. The minimum Gasteiger partial charge on any atom is -0.478 e. The van der Waals surface area contributed by atoms with Gasteiger partial charge in [0.1, 0.15) is 11.6 Å². The molecule has 0 aromatic heterocycles. The number of benzene rings is 1. The average molecular weight is 377 g/mol. The fourth-order valence-electron chi connectivity index (χ4n) is 2.27. The molecule has 0 bridgehead atoms. The third kappa shape index (κ3) is 3.50. The molecule has 0 saturated carbocycles. The van der Waals surface area contributed by atoms with Crippen molar-refractivity contribution in [3.63, 3.8) is 0 Å². The van der Waals surface area contributed by atoms with Crippen molar-refractivity contribution in [1.82, 2.24) is 5.01 Å². The molecule has 3 N–H and O–H groups in total. The predicted octanol–water partition coefficient (Wildman–Crippen LogP) is 3.11. The van der Waals surface area contributed by atoms with Gasteiger partial charge in [-0.2, -0.15) is 5.10 Å². The Bertz CT molecular complexity index is 765. The monoisotopic (exact) mass is 376 g/mol. The van der Waals surface area contributed by atoms with Crippen LogP contribution in [0.4, 0.5) is 0 Å². The highest BCUT2D eigenvalue weighted by Gasteiger charge is 2.22. The number of carboxylic acid groups (broad SMARTS) is 1. The third-order valence-corrected chi connectivity index (χ3v) is 4.08. The summed E-state index contributed by atoms with van der Waals surface area (Å²) in [5.74, 6) is -0.0930. The van der Waals surface area contributed by atoms with Crippen LogP contribution in [0.2, 0.25) is 0 Å².